The van der Waals surface area contributed by atoms with Crippen LogP contribution in [0.15, 0.2) is 36.4 Å². The number of fused-ring (bicyclic) bond motifs is 1. The molecule has 0 radical (unpaired) electrons. The molecule has 0 amide bonds. The largest absolute Gasteiger partial charge is 0.487 e. The van der Waals surface area contributed by atoms with Crippen LogP contribution in [0, 0.1) is 0 Å². The Morgan fingerprint density at radius 1 is 1.14 bits per heavy atom. The van der Waals surface area contributed by atoms with Crippen molar-refractivity contribution in [3.8, 4) is 16.9 Å². The van der Waals surface area contributed by atoms with Crippen LogP contribution in [-0.2, 0) is 13.0 Å². The van der Waals surface area contributed by atoms with Gasteiger partial charge in [-0.2, -0.15) is 0 Å². The van der Waals surface area contributed by atoms with Crippen LogP contribution < -0.4 is 10.1 Å². The Morgan fingerprint density at radius 2 is 1.86 bits per heavy atom. The summed E-state index contributed by atoms with van der Waals surface area (Å²) in [5.41, 5.74) is 4.70. The van der Waals surface area contributed by atoms with E-state index in [4.69, 9.17) is 16.3 Å². The summed E-state index contributed by atoms with van der Waals surface area (Å²) in [4.78, 5) is 0. The van der Waals surface area contributed by atoms with Crippen LogP contribution in [0.2, 0.25) is 5.02 Å². The maximum absolute atomic E-state index is 6.23. The molecule has 21 heavy (non-hydrogen) atoms. The van der Waals surface area contributed by atoms with E-state index in [9.17, 15) is 0 Å². The highest BCUT2D eigenvalue weighted by Crippen LogP contribution is 2.37. The molecule has 1 heterocycles. The van der Waals surface area contributed by atoms with Gasteiger partial charge in [-0.1, -0.05) is 23.7 Å². The molecule has 0 atom stereocenters. The summed E-state index contributed by atoms with van der Waals surface area (Å²) in [5.74, 6) is 1.01. The van der Waals surface area contributed by atoms with Crippen molar-refractivity contribution in [1.29, 1.82) is 0 Å². The van der Waals surface area contributed by atoms with Crippen molar-refractivity contribution in [2.75, 3.05) is 7.05 Å². The highest BCUT2D eigenvalue weighted by molar-refractivity contribution is 6.31. The highest BCUT2D eigenvalue weighted by atomic mass is 35.5. The molecule has 110 valence electrons. The van der Waals surface area contributed by atoms with E-state index in [0.717, 1.165) is 29.3 Å². The molecule has 0 bridgehead atoms. The van der Waals surface area contributed by atoms with E-state index in [2.05, 4.69) is 49.5 Å². The first kappa shape index (κ1) is 14.4. The second-order valence-electron chi connectivity index (χ2n) is 6.20. The number of halogens is 1. The fraction of sp³-hybridized carbons (Fsp3) is 0.333. The Balaban J connectivity index is 1.97. The zero-order valence-corrected chi connectivity index (χ0v) is 13.4. The van der Waals surface area contributed by atoms with E-state index in [1.54, 1.807) is 0 Å². The summed E-state index contributed by atoms with van der Waals surface area (Å²) in [7, 11) is 1.93. The number of benzene rings is 2. The zero-order chi connectivity index (χ0) is 15.0. The van der Waals surface area contributed by atoms with Crippen molar-refractivity contribution in [3.63, 3.8) is 0 Å². The Morgan fingerprint density at radius 3 is 2.62 bits per heavy atom. The SMILES string of the molecule is CNCc1cc(-c2ccc3c(c2)CC(C)(C)O3)ccc1Cl. The lowest BCUT2D eigenvalue weighted by atomic mass is 9.97. The molecular formula is C18H20ClNO. The lowest BCUT2D eigenvalue weighted by molar-refractivity contribution is 0.138. The van der Waals surface area contributed by atoms with Crippen LogP contribution in [0.3, 0.4) is 0 Å². The van der Waals surface area contributed by atoms with Crippen LogP contribution in [0.4, 0.5) is 0 Å². The van der Waals surface area contributed by atoms with Gasteiger partial charge in [0.25, 0.3) is 0 Å². The van der Waals surface area contributed by atoms with Crippen LogP contribution >= 0.6 is 11.6 Å². The Labute approximate surface area is 131 Å². The second kappa shape index (κ2) is 5.36. The predicted molar refractivity (Wildman–Crippen MR) is 88.1 cm³/mol. The van der Waals surface area contributed by atoms with Crippen molar-refractivity contribution < 1.29 is 4.74 Å². The molecule has 0 unspecified atom stereocenters. The number of nitrogens with one attached hydrogen (secondary N) is 1. The summed E-state index contributed by atoms with van der Waals surface area (Å²) in [5, 5.41) is 3.96. The smallest absolute Gasteiger partial charge is 0.123 e. The van der Waals surface area contributed by atoms with Gasteiger partial charge in [0, 0.05) is 18.0 Å². The van der Waals surface area contributed by atoms with Crippen molar-refractivity contribution in [1.82, 2.24) is 5.32 Å². The number of rotatable bonds is 3. The van der Waals surface area contributed by atoms with Gasteiger partial charge < -0.3 is 10.1 Å². The molecule has 3 heteroatoms. The summed E-state index contributed by atoms with van der Waals surface area (Å²) >= 11 is 6.23. The molecule has 1 N–H and O–H groups in total. The molecule has 3 rings (SSSR count). The van der Waals surface area contributed by atoms with Crippen LogP contribution in [0.25, 0.3) is 11.1 Å². The lowest BCUT2D eigenvalue weighted by Gasteiger charge is -2.16. The topological polar surface area (TPSA) is 21.3 Å². The number of ether oxygens (including phenoxy) is 1. The average Bonchev–Trinajstić information content (AvgIpc) is 2.74. The van der Waals surface area contributed by atoms with Crippen LogP contribution in [0.5, 0.6) is 5.75 Å². The molecule has 0 spiro atoms. The van der Waals surface area contributed by atoms with E-state index in [1.807, 2.05) is 13.1 Å². The van der Waals surface area contributed by atoms with Gasteiger partial charge in [-0.15, -0.1) is 0 Å². The van der Waals surface area contributed by atoms with E-state index < -0.39 is 0 Å². The monoisotopic (exact) mass is 301 g/mol. The van der Waals surface area contributed by atoms with Gasteiger partial charge in [0.15, 0.2) is 0 Å². The molecule has 0 saturated heterocycles. The van der Waals surface area contributed by atoms with Crippen LogP contribution in [0.1, 0.15) is 25.0 Å². The van der Waals surface area contributed by atoms with E-state index in [1.165, 1.54) is 16.7 Å². The quantitative estimate of drug-likeness (QED) is 0.905. The minimum atomic E-state index is -0.0990. The Bertz CT molecular complexity index is 679. The first-order valence-corrected chi connectivity index (χ1v) is 7.62. The standard InChI is InChI=1S/C18H20ClNO/c1-18(2)10-14-8-13(5-7-17(14)21-18)12-4-6-16(19)15(9-12)11-20-3/h4-9,20H,10-11H2,1-3H3. The summed E-state index contributed by atoms with van der Waals surface area (Å²) in [6, 6.07) is 12.6. The molecule has 1 aliphatic heterocycles. The molecular weight excluding hydrogens is 282 g/mol. The summed E-state index contributed by atoms with van der Waals surface area (Å²) in [6.45, 7) is 5.02. The minimum Gasteiger partial charge on any atom is -0.487 e. The maximum atomic E-state index is 6.23. The molecule has 0 saturated carbocycles. The van der Waals surface area contributed by atoms with Crippen molar-refractivity contribution >= 4 is 11.6 Å². The third kappa shape index (κ3) is 2.92. The van der Waals surface area contributed by atoms with Gasteiger partial charge in [-0.05, 0) is 67.4 Å². The fourth-order valence-corrected chi connectivity index (χ4v) is 3.05. The predicted octanol–water partition coefficient (Wildman–Crippen LogP) is 4.44. The molecule has 0 aliphatic carbocycles. The zero-order valence-electron chi connectivity index (χ0n) is 12.7. The van der Waals surface area contributed by atoms with Crippen LogP contribution in [-0.4, -0.2) is 12.6 Å². The molecule has 1 aliphatic rings. The fourth-order valence-electron chi connectivity index (χ4n) is 2.87. The normalized spacial score (nSPS) is 15.6. The average molecular weight is 302 g/mol. The third-order valence-corrected chi connectivity index (χ3v) is 4.18. The second-order valence-corrected chi connectivity index (χ2v) is 6.60. The highest BCUT2D eigenvalue weighted by Gasteiger charge is 2.29. The first-order chi connectivity index (χ1) is 9.98. The first-order valence-electron chi connectivity index (χ1n) is 7.24. The minimum absolute atomic E-state index is 0.0990. The van der Waals surface area contributed by atoms with Gasteiger partial charge in [0.2, 0.25) is 0 Å². The van der Waals surface area contributed by atoms with Gasteiger partial charge in [0.1, 0.15) is 11.4 Å². The molecule has 0 aromatic heterocycles. The van der Waals surface area contributed by atoms with Crippen molar-refractivity contribution in [3.05, 3.63) is 52.5 Å². The van der Waals surface area contributed by atoms with Crippen molar-refractivity contribution in [2.24, 2.45) is 0 Å². The molecule has 2 aromatic rings. The molecule has 2 nitrogen and oxygen atoms in total. The Kier molecular flexibility index (Phi) is 3.68. The van der Waals surface area contributed by atoms with Gasteiger partial charge in [-0.25, -0.2) is 0 Å². The number of hydrogen-bond acceptors (Lipinski definition) is 2. The van der Waals surface area contributed by atoms with E-state index in [-0.39, 0.29) is 5.60 Å². The summed E-state index contributed by atoms with van der Waals surface area (Å²) in [6.07, 6.45) is 0.952. The third-order valence-electron chi connectivity index (χ3n) is 3.81. The summed E-state index contributed by atoms with van der Waals surface area (Å²) < 4.78 is 5.94. The molecule has 2 aromatic carbocycles. The lowest BCUT2D eigenvalue weighted by Crippen LogP contribution is -2.24. The Hall–Kier alpha value is -1.51. The van der Waals surface area contributed by atoms with Crippen molar-refractivity contribution in [2.45, 2.75) is 32.4 Å². The number of hydrogen-bond donors (Lipinski definition) is 1. The van der Waals surface area contributed by atoms with Gasteiger partial charge in [0.05, 0.1) is 0 Å². The van der Waals surface area contributed by atoms with E-state index in [0.29, 0.717) is 0 Å². The maximum Gasteiger partial charge on any atom is 0.123 e. The van der Waals surface area contributed by atoms with Gasteiger partial charge in [-0.3, -0.25) is 0 Å². The molecule has 0 fully saturated rings. The van der Waals surface area contributed by atoms with E-state index >= 15 is 0 Å². The van der Waals surface area contributed by atoms with Gasteiger partial charge >= 0.3 is 0 Å².